The van der Waals surface area contributed by atoms with E-state index in [-0.39, 0.29) is 18.1 Å². The van der Waals surface area contributed by atoms with Gasteiger partial charge in [-0.05, 0) is 31.4 Å². The van der Waals surface area contributed by atoms with Gasteiger partial charge in [-0.2, -0.15) is 0 Å². The van der Waals surface area contributed by atoms with Crippen LogP contribution in [0.5, 0.6) is 0 Å². The number of morpholine rings is 1. The molecule has 1 amide bonds. The Bertz CT molecular complexity index is 479. The van der Waals surface area contributed by atoms with E-state index in [0.29, 0.717) is 24.5 Å². The predicted octanol–water partition coefficient (Wildman–Crippen LogP) is 0.761. The van der Waals surface area contributed by atoms with Crippen molar-refractivity contribution in [3.05, 3.63) is 24.0 Å². The molecule has 0 spiro atoms. The number of amides is 1. The van der Waals surface area contributed by atoms with E-state index in [9.17, 15) is 4.79 Å². The number of nitrogens with one attached hydrogen (secondary N) is 1. The smallest absolute Gasteiger partial charge is 0.272 e. The summed E-state index contributed by atoms with van der Waals surface area (Å²) in [5.41, 5.74) is 3.66. The topological polar surface area (TPSA) is 80.5 Å². The van der Waals surface area contributed by atoms with E-state index in [4.69, 9.17) is 10.6 Å². The quantitative estimate of drug-likeness (QED) is 0.607. The maximum absolute atomic E-state index is 12.5. The van der Waals surface area contributed by atoms with E-state index in [2.05, 4.69) is 10.4 Å². The van der Waals surface area contributed by atoms with Crippen LogP contribution >= 0.6 is 0 Å². The molecule has 2 aliphatic rings. The van der Waals surface area contributed by atoms with Gasteiger partial charge in [0.15, 0.2) is 0 Å². The second-order valence-corrected chi connectivity index (χ2v) is 4.98. The molecule has 1 saturated heterocycles. The van der Waals surface area contributed by atoms with Gasteiger partial charge in [0, 0.05) is 12.7 Å². The number of hydrogen-bond acceptors (Lipinski definition) is 5. The number of anilines is 1. The van der Waals surface area contributed by atoms with Crippen molar-refractivity contribution in [2.24, 2.45) is 5.84 Å². The summed E-state index contributed by atoms with van der Waals surface area (Å²) in [6, 6.07) is 3.62. The Morgan fingerprint density at radius 3 is 3.26 bits per heavy atom. The van der Waals surface area contributed by atoms with Gasteiger partial charge in [0.1, 0.15) is 5.69 Å². The Morgan fingerprint density at radius 1 is 1.53 bits per heavy atom. The van der Waals surface area contributed by atoms with Crippen molar-refractivity contribution in [2.75, 3.05) is 18.6 Å². The van der Waals surface area contributed by atoms with Gasteiger partial charge in [0.2, 0.25) is 0 Å². The number of hydrogen-bond donors (Lipinski definition) is 2. The summed E-state index contributed by atoms with van der Waals surface area (Å²) in [5.74, 6) is 5.33. The monoisotopic (exact) mass is 262 g/mol. The fourth-order valence-electron chi connectivity index (χ4n) is 2.96. The summed E-state index contributed by atoms with van der Waals surface area (Å²) < 4.78 is 5.72. The van der Waals surface area contributed by atoms with Crippen molar-refractivity contribution in [1.82, 2.24) is 9.88 Å². The number of hydrazine groups is 1. The van der Waals surface area contributed by atoms with Crippen molar-refractivity contribution in [3.8, 4) is 0 Å². The number of fused-ring (bicyclic) bond motifs is 1. The van der Waals surface area contributed by atoms with Gasteiger partial charge < -0.3 is 15.1 Å². The molecule has 6 heteroatoms. The molecule has 1 aromatic heterocycles. The molecule has 1 saturated carbocycles. The Balaban J connectivity index is 1.82. The van der Waals surface area contributed by atoms with Crippen LogP contribution in [0.3, 0.4) is 0 Å². The highest BCUT2D eigenvalue weighted by molar-refractivity contribution is 5.93. The summed E-state index contributed by atoms with van der Waals surface area (Å²) in [7, 11) is 0. The molecule has 3 N–H and O–H groups in total. The maximum Gasteiger partial charge on any atom is 0.272 e. The molecule has 19 heavy (non-hydrogen) atoms. The molecule has 102 valence electrons. The highest BCUT2D eigenvalue weighted by Gasteiger charge is 2.38. The van der Waals surface area contributed by atoms with Crippen LogP contribution in [0.15, 0.2) is 18.3 Å². The first-order chi connectivity index (χ1) is 9.29. The molecule has 1 aromatic rings. The molecule has 0 radical (unpaired) electrons. The molecule has 2 heterocycles. The van der Waals surface area contributed by atoms with E-state index in [1.165, 1.54) is 0 Å². The average molecular weight is 262 g/mol. The van der Waals surface area contributed by atoms with E-state index in [1.807, 2.05) is 4.90 Å². The number of nitrogens with two attached hydrogens (primary N) is 1. The zero-order chi connectivity index (χ0) is 13.2. The first kappa shape index (κ1) is 12.4. The maximum atomic E-state index is 12.5. The molecule has 0 bridgehead atoms. The summed E-state index contributed by atoms with van der Waals surface area (Å²) >= 11 is 0. The van der Waals surface area contributed by atoms with Crippen molar-refractivity contribution in [3.63, 3.8) is 0 Å². The third kappa shape index (κ3) is 2.29. The molecule has 2 atom stereocenters. The second kappa shape index (κ2) is 5.14. The first-order valence-electron chi connectivity index (χ1n) is 6.65. The number of aromatic nitrogens is 1. The van der Waals surface area contributed by atoms with E-state index < -0.39 is 0 Å². The highest BCUT2D eigenvalue weighted by Crippen LogP contribution is 2.30. The molecule has 2 unspecified atom stereocenters. The van der Waals surface area contributed by atoms with Gasteiger partial charge in [-0.15, -0.1) is 0 Å². The summed E-state index contributed by atoms with van der Waals surface area (Å²) in [6.45, 7) is 1.25. The van der Waals surface area contributed by atoms with Crippen LogP contribution in [0.2, 0.25) is 0 Å². The molecule has 6 nitrogen and oxygen atoms in total. The number of rotatable bonds is 2. The lowest BCUT2D eigenvalue weighted by atomic mass is 10.1. The Kier molecular flexibility index (Phi) is 3.35. The largest absolute Gasteiger partial charge is 0.374 e. The summed E-state index contributed by atoms with van der Waals surface area (Å²) in [5, 5.41) is 0. The summed E-state index contributed by atoms with van der Waals surface area (Å²) in [6.07, 6.45) is 4.98. The van der Waals surface area contributed by atoms with E-state index in [0.717, 1.165) is 19.3 Å². The molecule has 1 aliphatic carbocycles. The standard InChI is InChI=1S/C13H18N4O2/c14-16-9-4-5-15-10(8-9)13(18)17-6-7-19-12-3-1-2-11(12)17/h4-5,8,11-12H,1-3,6-7,14H2,(H,15,16). The third-order valence-electron chi connectivity index (χ3n) is 3.89. The fraction of sp³-hybridized carbons (Fsp3) is 0.538. The lowest BCUT2D eigenvalue weighted by molar-refractivity contribution is -0.0447. The van der Waals surface area contributed by atoms with Crippen LogP contribution in [0, 0.1) is 0 Å². The lowest BCUT2D eigenvalue weighted by Crippen LogP contribution is -2.51. The Hall–Kier alpha value is -1.66. The molecular weight excluding hydrogens is 244 g/mol. The van der Waals surface area contributed by atoms with E-state index >= 15 is 0 Å². The number of pyridine rings is 1. The number of nitrogens with zero attached hydrogens (tertiary/aromatic N) is 2. The zero-order valence-electron chi connectivity index (χ0n) is 10.7. The SMILES string of the molecule is NNc1ccnc(C(=O)N2CCOC3CCCC32)c1. The number of carbonyl (C=O) groups is 1. The van der Waals surface area contributed by atoms with Crippen LogP contribution in [-0.2, 0) is 4.74 Å². The highest BCUT2D eigenvalue weighted by atomic mass is 16.5. The van der Waals surface area contributed by atoms with E-state index in [1.54, 1.807) is 18.3 Å². The number of ether oxygens (including phenoxy) is 1. The normalized spacial score (nSPS) is 26.1. The van der Waals surface area contributed by atoms with Gasteiger partial charge >= 0.3 is 0 Å². The first-order valence-corrected chi connectivity index (χ1v) is 6.65. The van der Waals surface area contributed by atoms with Crippen molar-refractivity contribution in [1.29, 1.82) is 0 Å². The van der Waals surface area contributed by atoms with Crippen LogP contribution < -0.4 is 11.3 Å². The molecule has 1 aliphatic heterocycles. The molecular formula is C13H18N4O2. The summed E-state index contributed by atoms with van der Waals surface area (Å²) in [4.78, 5) is 18.6. The zero-order valence-corrected chi connectivity index (χ0v) is 10.7. The Labute approximate surface area is 111 Å². The van der Waals surface area contributed by atoms with Crippen LogP contribution in [0.25, 0.3) is 0 Å². The molecule has 2 fully saturated rings. The van der Waals surface area contributed by atoms with Crippen LogP contribution in [0.1, 0.15) is 29.8 Å². The minimum absolute atomic E-state index is 0.0303. The number of nitrogen functional groups attached to an aromatic ring is 1. The lowest BCUT2D eigenvalue weighted by Gasteiger charge is -2.37. The van der Waals surface area contributed by atoms with Gasteiger partial charge in [-0.1, -0.05) is 0 Å². The third-order valence-corrected chi connectivity index (χ3v) is 3.89. The predicted molar refractivity (Wildman–Crippen MR) is 70.5 cm³/mol. The van der Waals surface area contributed by atoms with Crippen LogP contribution in [0.4, 0.5) is 5.69 Å². The Morgan fingerprint density at radius 2 is 2.42 bits per heavy atom. The second-order valence-electron chi connectivity index (χ2n) is 4.98. The van der Waals surface area contributed by atoms with Crippen molar-refractivity contribution < 1.29 is 9.53 Å². The average Bonchev–Trinajstić information content (AvgIpc) is 2.95. The minimum atomic E-state index is -0.0303. The van der Waals surface area contributed by atoms with Gasteiger partial charge in [0.25, 0.3) is 5.91 Å². The number of carbonyl (C=O) groups excluding carboxylic acids is 1. The molecule has 3 rings (SSSR count). The minimum Gasteiger partial charge on any atom is -0.374 e. The van der Waals surface area contributed by atoms with Crippen molar-refractivity contribution >= 4 is 11.6 Å². The fourth-order valence-corrected chi connectivity index (χ4v) is 2.96. The van der Waals surface area contributed by atoms with Gasteiger partial charge in [0.05, 0.1) is 24.4 Å². The van der Waals surface area contributed by atoms with Gasteiger partial charge in [-0.25, -0.2) is 0 Å². The van der Waals surface area contributed by atoms with Crippen molar-refractivity contribution in [2.45, 2.75) is 31.4 Å². The van der Waals surface area contributed by atoms with Gasteiger partial charge in [-0.3, -0.25) is 15.6 Å². The van der Waals surface area contributed by atoms with Crippen LogP contribution in [-0.4, -0.2) is 41.1 Å². The molecule has 0 aromatic carbocycles.